The standard InChI is InChI=1S/C6H3BrFNO2S/c7-4-1-3(8)2-5(12)6(4)9(10)11/h1-2,12H. The Morgan fingerprint density at radius 2 is 2.17 bits per heavy atom. The molecule has 0 aliphatic heterocycles. The van der Waals surface area contributed by atoms with E-state index < -0.39 is 10.7 Å². The minimum Gasteiger partial charge on any atom is -0.258 e. The van der Waals surface area contributed by atoms with Gasteiger partial charge in [0.15, 0.2) is 0 Å². The quantitative estimate of drug-likeness (QED) is 0.474. The van der Waals surface area contributed by atoms with Crippen LogP contribution in [0.5, 0.6) is 0 Å². The highest BCUT2D eigenvalue weighted by atomic mass is 79.9. The van der Waals surface area contributed by atoms with E-state index in [1.165, 1.54) is 0 Å². The lowest BCUT2D eigenvalue weighted by Gasteiger charge is -1.98. The van der Waals surface area contributed by atoms with Crippen molar-refractivity contribution in [3.63, 3.8) is 0 Å². The number of benzene rings is 1. The summed E-state index contributed by atoms with van der Waals surface area (Å²) in [6, 6.07) is 2.02. The topological polar surface area (TPSA) is 43.1 Å². The zero-order valence-electron chi connectivity index (χ0n) is 5.62. The summed E-state index contributed by atoms with van der Waals surface area (Å²) >= 11 is 6.63. The van der Waals surface area contributed by atoms with Gasteiger partial charge in [0.05, 0.1) is 14.3 Å². The molecule has 0 heterocycles. The maximum atomic E-state index is 12.6. The highest BCUT2D eigenvalue weighted by Gasteiger charge is 2.17. The van der Waals surface area contributed by atoms with Crippen molar-refractivity contribution >= 4 is 34.2 Å². The number of thiol groups is 1. The lowest BCUT2D eigenvalue weighted by molar-refractivity contribution is -0.388. The van der Waals surface area contributed by atoms with E-state index >= 15 is 0 Å². The lowest BCUT2D eigenvalue weighted by atomic mass is 10.3. The highest BCUT2D eigenvalue weighted by molar-refractivity contribution is 9.10. The van der Waals surface area contributed by atoms with Crippen LogP contribution >= 0.6 is 28.6 Å². The maximum Gasteiger partial charge on any atom is 0.296 e. The van der Waals surface area contributed by atoms with Crippen LogP contribution in [-0.2, 0) is 0 Å². The van der Waals surface area contributed by atoms with Gasteiger partial charge in [-0.3, -0.25) is 10.1 Å². The van der Waals surface area contributed by atoms with Crippen molar-refractivity contribution in [2.75, 3.05) is 0 Å². The monoisotopic (exact) mass is 251 g/mol. The Balaban J connectivity index is 3.38. The molecule has 0 unspecified atom stereocenters. The smallest absolute Gasteiger partial charge is 0.258 e. The maximum absolute atomic E-state index is 12.6. The molecule has 0 bridgehead atoms. The van der Waals surface area contributed by atoms with E-state index in [0.717, 1.165) is 12.1 Å². The normalized spacial score (nSPS) is 9.92. The van der Waals surface area contributed by atoms with Crippen molar-refractivity contribution in [3.05, 3.63) is 32.5 Å². The number of nitro groups is 1. The lowest BCUT2D eigenvalue weighted by Crippen LogP contribution is -1.92. The molecular weight excluding hydrogens is 249 g/mol. The van der Waals surface area contributed by atoms with Crippen LogP contribution in [0.3, 0.4) is 0 Å². The summed E-state index contributed by atoms with van der Waals surface area (Å²) in [5.74, 6) is -0.558. The zero-order valence-corrected chi connectivity index (χ0v) is 8.10. The number of nitro benzene ring substituents is 1. The molecule has 0 fully saturated rings. The van der Waals surface area contributed by atoms with E-state index in [9.17, 15) is 14.5 Å². The van der Waals surface area contributed by atoms with Crippen LogP contribution in [0.25, 0.3) is 0 Å². The Kier molecular flexibility index (Phi) is 2.69. The van der Waals surface area contributed by atoms with Crippen LogP contribution in [0.1, 0.15) is 0 Å². The molecule has 1 aromatic carbocycles. The fourth-order valence-corrected chi connectivity index (χ4v) is 1.79. The molecule has 1 aromatic rings. The number of hydrogen-bond donors (Lipinski definition) is 1. The van der Waals surface area contributed by atoms with E-state index in [-0.39, 0.29) is 15.1 Å². The summed E-state index contributed by atoms with van der Waals surface area (Å²) < 4.78 is 12.7. The summed E-state index contributed by atoms with van der Waals surface area (Å²) in [5.41, 5.74) is -0.222. The van der Waals surface area contributed by atoms with Gasteiger partial charge >= 0.3 is 0 Å². The Morgan fingerprint density at radius 3 is 2.58 bits per heavy atom. The average molecular weight is 252 g/mol. The Hall–Kier alpha value is -0.620. The van der Waals surface area contributed by atoms with E-state index in [1.54, 1.807) is 0 Å². The molecule has 0 aliphatic carbocycles. The number of halogens is 2. The van der Waals surface area contributed by atoms with Gasteiger partial charge in [-0.15, -0.1) is 12.6 Å². The molecule has 0 saturated heterocycles. The molecule has 64 valence electrons. The summed E-state index contributed by atoms with van der Waals surface area (Å²) in [5, 5.41) is 10.4. The first kappa shape index (κ1) is 9.47. The Bertz CT molecular complexity index is 321. The van der Waals surface area contributed by atoms with Gasteiger partial charge in [0.25, 0.3) is 5.69 Å². The molecule has 0 N–H and O–H groups in total. The summed E-state index contributed by atoms with van der Waals surface area (Å²) in [4.78, 5) is 9.75. The average Bonchev–Trinajstić information content (AvgIpc) is 1.82. The van der Waals surface area contributed by atoms with Gasteiger partial charge in [0, 0.05) is 0 Å². The molecule has 1 rings (SSSR count). The SMILES string of the molecule is O=[N+]([O-])c1c(S)cc(F)cc1Br. The van der Waals surface area contributed by atoms with Gasteiger partial charge in [-0.05, 0) is 28.1 Å². The molecule has 12 heavy (non-hydrogen) atoms. The second-order valence-corrected chi connectivity index (χ2v) is 3.35. The molecule has 0 aliphatic rings. The van der Waals surface area contributed by atoms with Gasteiger partial charge < -0.3 is 0 Å². The highest BCUT2D eigenvalue weighted by Crippen LogP contribution is 2.31. The first-order valence-electron chi connectivity index (χ1n) is 2.85. The molecule has 0 spiro atoms. The van der Waals surface area contributed by atoms with E-state index in [0.29, 0.717) is 0 Å². The molecule has 0 amide bonds. The predicted molar refractivity (Wildman–Crippen MR) is 48.0 cm³/mol. The zero-order chi connectivity index (χ0) is 9.30. The van der Waals surface area contributed by atoms with Gasteiger partial charge in [0.1, 0.15) is 5.82 Å². The molecular formula is C6H3BrFNO2S. The van der Waals surface area contributed by atoms with Crippen LogP contribution < -0.4 is 0 Å². The van der Waals surface area contributed by atoms with Crippen LogP contribution in [-0.4, -0.2) is 4.92 Å². The molecule has 3 nitrogen and oxygen atoms in total. The predicted octanol–water partition coefficient (Wildman–Crippen LogP) is 2.79. The molecule has 0 radical (unpaired) electrons. The summed E-state index contributed by atoms with van der Waals surface area (Å²) in [6.45, 7) is 0. The van der Waals surface area contributed by atoms with Crippen molar-refractivity contribution in [2.24, 2.45) is 0 Å². The second kappa shape index (κ2) is 3.40. The van der Waals surface area contributed by atoms with E-state index in [2.05, 4.69) is 28.6 Å². The second-order valence-electron chi connectivity index (χ2n) is 2.01. The molecule has 6 heteroatoms. The summed E-state index contributed by atoms with van der Waals surface area (Å²) in [6.07, 6.45) is 0. The van der Waals surface area contributed by atoms with Crippen molar-refractivity contribution in [2.45, 2.75) is 4.90 Å². The first-order chi connectivity index (χ1) is 5.52. The summed E-state index contributed by atoms with van der Waals surface area (Å²) in [7, 11) is 0. The number of rotatable bonds is 1. The molecule has 0 atom stereocenters. The molecule has 0 aromatic heterocycles. The van der Waals surface area contributed by atoms with Gasteiger partial charge in [-0.1, -0.05) is 0 Å². The van der Waals surface area contributed by atoms with Gasteiger partial charge in [0.2, 0.25) is 0 Å². The van der Waals surface area contributed by atoms with Crippen molar-refractivity contribution < 1.29 is 9.31 Å². The third-order valence-electron chi connectivity index (χ3n) is 1.19. The van der Waals surface area contributed by atoms with Crippen molar-refractivity contribution in [1.29, 1.82) is 0 Å². The third kappa shape index (κ3) is 1.75. The van der Waals surface area contributed by atoms with Crippen molar-refractivity contribution in [3.8, 4) is 0 Å². The fraction of sp³-hybridized carbons (Fsp3) is 0. The van der Waals surface area contributed by atoms with Gasteiger partial charge in [-0.25, -0.2) is 4.39 Å². The van der Waals surface area contributed by atoms with Crippen LogP contribution in [0.4, 0.5) is 10.1 Å². The van der Waals surface area contributed by atoms with Crippen LogP contribution in [0, 0.1) is 15.9 Å². The van der Waals surface area contributed by atoms with Gasteiger partial charge in [-0.2, -0.15) is 0 Å². The third-order valence-corrected chi connectivity index (χ3v) is 2.14. The number of hydrogen-bond acceptors (Lipinski definition) is 3. The van der Waals surface area contributed by atoms with Crippen molar-refractivity contribution in [1.82, 2.24) is 0 Å². The Morgan fingerprint density at radius 1 is 1.58 bits per heavy atom. The van der Waals surface area contributed by atoms with Crippen LogP contribution in [0.15, 0.2) is 21.5 Å². The Labute approximate surface area is 81.3 Å². The van der Waals surface area contributed by atoms with Crippen LogP contribution in [0.2, 0.25) is 0 Å². The largest absolute Gasteiger partial charge is 0.296 e. The molecule has 0 saturated carbocycles. The fourth-order valence-electron chi connectivity index (χ4n) is 0.733. The van der Waals surface area contributed by atoms with E-state index in [1.807, 2.05) is 0 Å². The number of nitrogens with zero attached hydrogens (tertiary/aromatic N) is 1. The minimum atomic E-state index is -0.619. The van der Waals surface area contributed by atoms with E-state index in [4.69, 9.17) is 0 Å². The minimum absolute atomic E-state index is 0.00637. The first-order valence-corrected chi connectivity index (χ1v) is 4.09.